The number of halogens is 5. The molecule has 0 aliphatic carbocycles. The Balaban J connectivity index is 2.04. The summed E-state index contributed by atoms with van der Waals surface area (Å²) >= 11 is 0. The van der Waals surface area contributed by atoms with Crippen molar-refractivity contribution < 1.29 is 30.4 Å². The summed E-state index contributed by atoms with van der Waals surface area (Å²) in [5.41, 5.74) is -0.578. The molecule has 0 heterocycles. The van der Waals surface area contributed by atoms with E-state index in [1.165, 1.54) is 0 Å². The zero-order valence-electron chi connectivity index (χ0n) is 12.4. The maximum Gasteiger partial charge on any atom is 0.416 e. The molecule has 0 atom stereocenters. The number of rotatable bonds is 3. The second kappa shape index (κ2) is 7.21. The van der Waals surface area contributed by atoms with Gasteiger partial charge in [0.1, 0.15) is 16.5 Å². The Morgan fingerprint density at radius 2 is 1.64 bits per heavy atom. The van der Waals surface area contributed by atoms with Crippen LogP contribution >= 0.6 is 0 Å². The van der Waals surface area contributed by atoms with E-state index in [-0.39, 0.29) is 5.56 Å². The van der Waals surface area contributed by atoms with Gasteiger partial charge in [0.15, 0.2) is 0 Å². The van der Waals surface area contributed by atoms with Gasteiger partial charge in [0.2, 0.25) is 10.0 Å². The van der Waals surface area contributed by atoms with Crippen molar-refractivity contribution in [1.29, 1.82) is 0 Å². The Hall–Kier alpha value is -2.44. The van der Waals surface area contributed by atoms with Gasteiger partial charge in [-0.1, -0.05) is 11.8 Å². The summed E-state index contributed by atoms with van der Waals surface area (Å²) in [5.74, 6) is 2.71. The van der Waals surface area contributed by atoms with Crippen LogP contribution in [0.4, 0.5) is 22.0 Å². The first-order valence-corrected chi connectivity index (χ1v) is 8.19. The van der Waals surface area contributed by atoms with Gasteiger partial charge in [0.25, 0.3) is 0 Å². The highest BCUT2D eigenvalue weighted by Crippen LogP contribution is 2.28. The Bertz CT molecular complexity index is 926. The van der Waals surface area contributed by atoms with Gasteiger partial charge >= 0.3 is 6.18 Å². The molecular weight excluding hydrogens is 365 g/mol. The molecule has 0 saturated heterocycles. The molecule has 0 aliphatic rings. The lowest BCUT2D eigenvalue weighted by Gasteiger charge is -2.05. The molecule has 0 aromatic heterocycles. The van der Waals surface area contributed by atoms with Crippen molar-refractivity contribution in [1.82, 2.24) is 4.72 Å². The quantitative estimate of drug-likeness (QED) is 0.661. The van der Waals surface area contributed by atoms with Crippen molar-refractivity contribution in [3.63, 3.8) is 0 Å². The second-order valence-corrected chi connectivity index (χ2v) is 6.51. The third kappa shape index (κ3) is 5.01. The van der Waals surface area contributed by atoms with Crippen LogP contribution in [-0.4, -0.2) is 15.0 Å². The molecule has 0 radical (unpaired) electrons. The topological polar surface area (TPSA) is 46.2 Å². The van der Waals surface area contributed by atoms with E-state index in [2.05, 4.69) is 11.8 Å². The predicted molar refractivity (Wildman–Crippen MR) is 79.9 cm³/mol. The summed E-state index contributed by atoms with van der Waals surface area (Å²) < 4.78 is 89.2. The van der Waals surface area contributed by atoms with Gasteiger partial charge in [-0.3, -0.25) is 0 Å². The Morgan fingerprint density at radius 1 is 1.00 bits per heavy atom. The van der Waals surface area contributed by atoms with Crippen LogP contribution in [0.3, 0.4) is 0 Å². The third-order valence-electron chi connectivity index (χ3n) is 2.98. The van der Waals surface area contributed by atoms with Crippen molar-refractivity contribution in [3.8, 4) is 11.8 Å². The average Bonchev–Trinajstić information content (AvgIpc) is 2.51. The van der Waals surface area contributed by atoms with Crippen LogP contribution < -0.4 is 4.72 Å². The average molecular weight is 375 g/mol. The summed E-state index contributed by atoms with van der Waals surface area (Å²) in [5, 5.41) is 0. The van der Waals surface area contributed by atoms with E-state index in [1.807, 2.05) is 4.72 Å². The van der Waals surface area contributed by atoms with Gasteiger partial charge in [-0.2, -0.15) is 17.9 Å². The molecule has 0 aliphatic heterocycles. The van der Waals surface area contributed by atoms with Crippen molar-refractivity contribution in [2.75, 3.05) is 6.54 Å². The highest BCUT2D eigenvalue weighted by molar-refractivity contribution is 7.89. The van der Waals surface area contributed by atoms with E-state index in [1.54, 1.807) is 0 Å². The lowest BCUT2D eigenvalue weighted by molar-refractivity contribution is -0.137. The molecule has 2 rings (SSSR count). The fourth-order valence-electron chi connectivity index (χ4n) is 1.79. The maximum atomic E-state index is 13.5. The van der Waals surface area contributed by atoms with Crippen LogP contribution in [0, 0.1) is 23.5 Å². The van der Waals surface area contributed by atoms with Gasteiger partial charge in [-0.25, -0.2) is 17.2 Å². The minimum absolute atomic E-state index is 0.250. The van der Waals surface area contributed by atoms with E-state index in [0.717, 1.165) is 36.4 Å². The maximum absolute atomic E-state index is 13.5. The van der Waals surface area contributed by atoms with Crippen molar-refractivity contribution in [2.45, 2.75) is 11.1 Å². The van der Waals surface area contributed by atoms with Crippen LogP contribution in [0.2, 0.25) is 0 Å². The van der Waals surface area contributed by atoms with E-state index in [4.69, 9.17) is 0 Å². The number of sulfonamides is 1. The first-order chi connectivity index (χ1) is 11.6. The SMILES string of the molecule is O=S(=O)(NCC#Cc1ccc(C(F)(F)F)cc1)c1ccc(F)cc1F. The van der Waals surface area contributed by atoms with Crippen LogP contribution in [0.1, 0.15) is 11.1 Å². The molecule has 3 nitrogen and oxygen atoms in total. The number of hydrogen-bond acceptors (Lipinski definition) is 2. The monoisotopic (exact) mass is 375 g/mol. The van der Waals surface area contributed by atoms with Crippen molar-refractivity contribution >= 4 is 10.0 Å². The number of hydrogen-bond donors (Lipinski definition) is 1. The third-order valence-corrected chi connectivity index (χ3v) is 4.41. The molecule has 0 saturated carbocycles. The smallest absolute Gasteiger partial charge is 0.207 e. The Labute approximate surface area is 140 Å². The summed E-state index contributed by atoms with van der Waals surface area (Å²) in [7, 11) is -4.23. The molecule has 0 spiro atoms. The summed E-state index contributed by atoms with van der Waals surface area (Å²) in [6.45, 7) is -0.403. The molecule has 25 heavy (non-hydrogen) atoms. The van der Waals surface area contributed by atoms with E-state index in [9.17, 15) is 30.4 Å². The molecule has 0 amide bonds. The summed E-state index contributed by atoms with van der Waals surface area (Å²) in [4.78, 5) is -0.731. The summed E-state index contributed by atoms with van der Waals surface area (Å²) in [6.07, 6.45) is -4.46. The molecule has 0 fully saturated rings. The van der Waals surface area contributed by atoms with Crippen molar-refractivity contribution in [2.24, 2.45) is 0 Å². The van der Waals surface area contributed by atoms with Crippen LogP contribution in [-0.2, 0) is 16.2 Å². The molecule has 2 aromatic carbocycles. The normalized spacial score (nSPS) is 11.7. The fraction of sp³-hybridized carbons (Fsp3) is 0.125. The zero-order valence-corrected chi connectivity index (χ0v) is 13.2. The van der Waals surface area contributed by atoms with E-state index >= 15 is 0 Å². The Kier molecular flexibility index (Phi) is 5.45. The first kappa shape index (κ1) is 18.9. The molecule has 0 unspecified atom stereocenters. The van der Waals surface area contributed by atoms with E-state index < -0.39 is 44.8 Å². The number of benzene rings is 2. The van der Waals surface area contributed by atoms with Crippen LogP contribution in [0.5, 0.6) is 0 Å². The lowest BCUT2D eigenvalue weighted by Crippen LogP contribution is -2.25. The Morgan fingerprint density at radius 3 is 2.20 bits per heavy atom. The van der Waals surface area contributed by atoms with Crippen LogP contribution in [0.25, 0.3) is 0 Å². The molecule has 2 aromatic rings. The first-order valence-electron chi connectivity index (χ1n) is 6.70. The molecule has 132 valence electrons. The second-order valence-electron chi connectivity index (χ2n) is 4.78. The molecule has 9 heteroatoms. The largest absolute Gasteiger partial charge is 0.416 e. The predicted octanol–water partition coefficient (Wildman–Crippen LogP) is 3.31. The number of nitrogens with one attached hydrogen (secondary N) is 1. The van der Waals surface area contributed by atoms with E-state index in [0.29, 0.717) is 6.07 Å². The fourth-order valence-corrected chi connectivity index (χ4v) is 2.77. The van der Waals surface area contributed by atoms with Gasteiger partial charge in [0.05, 0.1) is 12.1 Å². The molecule has 0 bridgehead atoms. The zero-order chi connectivity index (χ0) is 18.7. The van der Waals surface area contributed by atoms with Gasteiger partial charge in [0, 0.05) is 11.6 Å². The standard InChI is InChI=1S/C16H10F5NO2S/c17-13-7-8-15(14(18)10-13)25(23,24)22-9-1-2-11-3-5-12(6-4-11)16(19,20)21/h3-8,10,22H,9H2. The van der Waals surface area contributed by atoms with Gasteiger partial charge < -0.3 is 0 Å². The minimum Gasteiger partial charge on any atom is -0.207 e. The molecule has 1 N–H and O–H groups in total. The lowest BCUT2D eigenvalue weighted by atomic mass is 10.1. The minimum atomic E-state index is -4.46. The highest BCUT2D eigenvalue weighted by Gasteiger charge is 2.29. The van der Waals surface area contributed by atoms with Crippen molar-refractivity contribution in [3.05, 3.63) is 65.2 Å². The highest BCUT2D eigenvalue weighted by atomic mass is 32.2. The number of alkyl halides is 3. The summed E-state index contributed by atoms with van der Waals surface area (Å²) in [6, 6.07) is 5.99. The van der Waals surface area contributed by atoms with Gasteiger partial charge in [-0.05, 0) is 36.4 Å². The van der Waals surface area contributed by atoms with Crippen LogP contribution in [0.15, 0.2) is 47.4 Å². The molecular formula is C16H10F5NO2S. The van der Waals surface area contributed by atoms with Gasteiger partial charge in [-0.15, -0.1) is 0 Å².